The van der Waals surface area contributed by atoms with Crippen molar-refractivity contribution < 1.29 is 19.3 Å². The van der Waals surface area contributed by atoms with Gasteiger partial charge in [-0.15, -0.1) is 0 Å². The molecule has 1 aliphatic rings. The highest BCUT2D eigenvalue weighted by atomic mass is 35.5. The highest BCUT2D eigenvalue weighted by Crippen LogP contribution is 2.27. The number of ether oxygens (including phenoxy) is 1. The number of hydrogen-bond donors (Lipinski definition) is 0. The van der Waals surface area contributed by atoms with E-state index in [2.05, 4.69) is 5.16 Å². The molecule has 0 amide bonds. The molecule has 3 aromatic rings. The Hall–Kier alpha value is -3.68. The zero-order valence-corrected chi connectivity index (χ0v) is 17.8. The fourth-order valence-electron chi connectivity index (χ4n) is 3.04. The Morgan fingerprint density at radius 1 is 1.03 bits per heavy atom. The minimum absolute atomic E-state index is 0.107. The Labute approximate surface area is 192 Å². The highest BCUT2D eigenvalue weighted by Gasteiger charge is 2.27. The van der Waals surface area contributed by atoms with E-state index in [0.29, 0.717) is 32.5 Å². The van der Waals surface area contributed by atoms with Crippen LogP contribution in [0.5, 0.6) is 5.75 Å². The van der Waals surface area contributed by atoms with Crippen LogP contribution in [0.3, 0.4) is 0 Å². The van der Waals surface area contributed by atoms with Crippen molar-refractivity contribution in [2.45, 2.75) is 6.61 Å². The molecule has 4 rings (SSSR count). The number of benzene rings is 3. The van der Waals surface area contributed by atoms with Gasteiger partial charge in [0.05, 0.1) is 10.5 Å². The summed E-state index contributed by atoms with van der Waals surface area (Å²) in [5.41, 5.74) is 2.11. The van der Waals surface area contributed by atoms with Crippen molar-refractivity contribution in [3.05, 3.63) is 109 Å². The fourth-order valence-corrected chi connectivity index (χ4v) is 3.54. The lowest BCUT2D eigenvalue weighted by atomic mass is 10.0. The summed E-state index contributed by atoms with van der Waals surface area (Å²) in [7, 11) is 0. The van der Waals surface area contributed by atoms with Crippen molar-refractivity contribution in [1.29, 1.82) is 0 Å². The van der Waals surface area contributed by atoms with Gasteiger partial charge in [0.2, 0.25) is 0 Å². The third kappa shape index (κ3) is 4.64. The number of nitro groups is 1. The van der Waals surface area contributed by atoms with Crippen molar-refractivity contribution in [2.24, 2.45) is 5.16 Å². The maximum absolute atomic E-state index is 12.2. The van der Waals surface area contributed by atoms with Gasteiger partial charge in [-0.2, -0.15) is 0 Å². The smallest absolute Gasteiger partial charge is 0.368 e. The van der Waals surface area contributed by atoms with E-state index in [9.17, 15) is 14.9 Å². The van der Waals surface area contributed by atoms with E-state index < -0.39 is 10.9 Å². The average Bonchev–Trinajstić information content (AvgIpc) is 3.14. The van der Waals surface area contributed by atoms with Crippen molar-refractivity contribution in [3.8, 4) is 5.75 Å². The van der Waals surface area contributed by atoms with Crippen molar-refractivity contribution in [2.75, 3.05) is 0 Å². The van der Waals surface area contributed by atoms with Gasteiger partial charge in [0, 0.05) is 33.3 Å². The predicted octanol–water partition coefficient (Wildman–Crippen LogP) is 5.83. The normalized spacial score (nSPS) is 14.2. The van der Waals surface area contributed by atoms with E-state index >= 15 is 0 Å². The monoisotopic (exact) mass is 468 g/mol. The van der Waals surface area contributed by atoms with Gasteiger partial charge in [-0.05, 0) is 35.9 Å². The molecule has 0 unspecified atom stereocenters. The number of carbonyl (C=O) groups is 1. The van der Waals surface area contributed by atoms with Crippen LogP contribution in [0.2, 0.25) is 10.0 Å². The summed E-state index contributed by atoms with van der Waals surface area (Å²) in [4.78, 5) is 27.5. The Bertz CT molecular complexity index is 1250. The minimum Gasteiger partial charge on any atom is -0.489 e. The first kappa shape index (κ1) is 21.5. The topological polar surface area (TPSA) is 91.0 Å². The first-order valence-electron chi connectivity index (χ1n) is 9.34. The maximum Gasteiger partial charge on any atom is 0.368 e. The molecule has 160 valence electrons. The second-order valence-corrected chi connectivity index (χ2v) is 7.56. The van der Waals surface area contributed by atoms with E-state index in [1.807, 2.05) is 0 Å². The highest BCUT2D eigenvalue weighted by molar-refractivity contribution is 6.36. The molecule has 7 nitrogen and oxygen atoms in total. The molecule has 0 aromatic heterocycles. The number of nitrogens with zero attached hydrogens (tertiary/aromatic N) is 2. The number of halogens is 2. The third-order valence-corrected chi connectivity index (χ3v) is 5.37. The number of nitro benzene ring substituents is 1. The van der Waals surface area contributed by atoms with Gasteiger partial charge >= 0.3 is 5.97 Å². The molecule has 0 radical (unpaired) electrons. The fraction of sp³-hybridized carbons (Fsp3) is 0.0435. The minimum atomic E-state index is -0.639. The molecule has 1 aliphatic heterocycles. The maximum atomic E-state index is 12.2. The molecule has 0 fully saturated rings. The second kappa shape index (κ2) is 9.21. The van der Waals surface area contributed by atoms with Crippen LogP contribution < -0.4 is 4.74 Å². The van der Waals surface area contributed by atoms with Crippen molar-refractivity contribution >= 4 is 46.6 Å². The molecule has 0 spiro atoms. The summed E-state index contributed by atoms with van der Waals surface area (Å²) in [6.45, 7) is 0.203. The largest absolute Gasteiger partial charge is 0.489 e. The number of rotatable bonds is 6. The summed E-state index contributed by atoms with van der Waals surface area (Å²) in [6.07, 6.45) is 1.60. The van der Waals surface area contributed by atoms with Crippen LogP contribution >= 0.6 is 23.2 Å². The van der Waals surface area contributed by atoms with E-state index in [1.54, 1.807) is 54.6 Å². The summed E-state index contributed by atoms with van der Waals surface area (Å²) in [6, 6.07) is 18.1. The molecule has 0 saturated heterocycles. The first-order chi connectivity index (χ1) is 15.4. The summed E-state index contributed by atoms with van der Waals surface area (Å²) in [5.74, 6) is -0.0510. The third-order valence-electron chi connectivity index (χ3n) is 4.66. The molecule has 0 aliphatic carbocycles. The zero-order valence-electron chi connectivity index (χ0n) is 16.3. The van der Waals surface area contributed by atoms with Crippen LogP contribution in [0.1, 0.15) is 16.7 Å². The van der Waals surface area contributed by atoms with Crippen LogP contribution in [0, 0.1) is 10.1 Å². The molecular formula is C23H14Cl2N2O5. The quantitative estimate of drug-likeness (QED) is 0.196. The van der Waals surface area contributed by atoms with Gasteiger partial charge in [-0.25, -0.2) is 4.79 Å². The molecule has 9 heteroatoms. The van der Waals surface area contributed by atoms with Gasteiger partial charge in [-0.1, -0.05) is 58.7 Å². The molecule has 32 heavy (non-hydrogen) atoms. The van der Waals surface area contributed by atoms with E-state index in [-0.39, 0.29) is 23.6 Å². The van der Waals surface area contributed by atoms with Crippen LogP contribution in [-0.4, -0.2) is 16.6 Å². The van der Waals surface area contributed by atoms with Gasteiger partial charge in [0.1, 0.15) is 18.1 Å². The number of oxime groups is 1. The SMILES string of the molecule is O=C1ON=C(c2cccc([N+](=O)[O-])c2)/C1=C/c1ccc(OCc2c(Cl)cccc2Cl)cc1. The summed E-state index contributed by atoms with van der Waals surface area (Å²) < 4.78 is 5.76. The van der Waals surface area contributed by atoms with Crippen LogP contribution in [0.25, 0.3) is 6.08 Å². The standard InChI is InChI=1S/C23H14Cl2N2O5/c24-20-5-2-6-21(25)19(20)13-31-17-9-7-14(8-10-17)11-18-22(26-32-23(18)28)15-3-1-4-16(12-15)27(29)30/h1-12H,13H2/b18-11-. The molecule has 3 aromatic carbocycles. The van der Waals surface area contributed by atoms with Crippen molar-refractivity contribution in [3.63, 3.8) is 0 Å². The van der Waals surface area contributed by atoms with Gasteiger partial charge in [0.25, 0.3) is 5.69 Å². The lowest BCUT2D eigenvalue weighted by molar-refractivity contribution is -0.384. The number of carbonyl (C=O) groups excluding carboxylic acids is 1. The average molecular weight is 469 g/mol. The van der Waals surface area contributed by atoms with Crippen LogP contribution in [0.15, 0.2) is 77.5 Å². The van der Waals surface area contributed by atoms with E-state index in [0.717, 1.165) is 0 Å². The van der Waals surface area contributed by atoms with Gasteiger partial charge in [0.15, 0.2) is 0 Å². The Balaban J connectivity index is 1.53. The number of non-ortho nitro benzene ring substituents is 1. The summed E-state index contributed by atoms with van der Waals surface area (Å²) in [5, 5.41) is 15.9. The Morgan fingerprint density at radius 3 is 2.41 bits per heavy atom. The molecule has 0 N–H and O–H groups in total. The van der Waals surface area contributed by atoms with E-state index in [1.165, 1.54) is 18.2 Å². The second-order valence-electron chi connectivity index (χ2n) is 6.74. The Morgan fingerprint density at radius 2 is 1.72 bits per heavy atom. The first-order valence-corrected chi connectivity index (χ1v) is 10.1. The Kier molecular flexibility index (Phi) is 6.20. The van der Waals surface area contributed by atoms with E-state index in [4.69, 9.17) is 32.8 Å². The molecule has 1 heterocycles. The van der Waals surface area contributed by atoms with Gasteiger partial charge < -0.3 is 9.57 Å². The zero-order chi connectivity index (χ0) is 22.7. The molecule has 0 bridgehead atoms. The van der Waals surface area contributed by atoms with Crippen LogP contribution in [0.4, 0.5) is 5.69 Å². The molecule has 0 atom stereocenters. The molecular weight excluding hydrogens is 455 g/mol. The lowest BCUT2D eigenvalue weighted by Gasteiger charge is -2.09. The summed E-state index contributed by atoms with van der Waals surface area (Å²) >= 11 is 12.3. The lowest BCUT2D eigenvalue weighted by Crippen LogP contribution is -2.07. The van der Waals surface area contributed by atoms with Crippen molar-refractivity contribution in [1.82, 2.24) is 0 Å². The van der Waals surface area contributed by atoms with Gasteiger partial charge in [-0.3, -0.25) is 10.1 Å². The number of hydrogen-bond acceptors (Lipinski definition) is 6. The predicted molar refractivity (Wildman–Crippen MR) is 121 cm³/mol. The molecule has 0 saturated carbocycles. The van der Waals surface area contributed by atoms with Crippen LogP contribution in [-0.2, 0) is 16.2 Å².